The van der Waals surface area contributed by atoms with Crippen molar-refractivity contribution in [1.82, 2.24) is 10.4 Å². The van der Waals surface area contributed by atoms with E-state index in [1.807, 2.05) is 0 Å². The van der Waals surface area contributed by atoms with Crippen LogP contribution in [0.1, 0.15) is 37.0 Å². The molecule has 0 aromatic carbocycles. The molecule has 1 aromatic heterocycles. The molecule has 2 atom stereocenters. The minimum atomic E-state index is -0.203. The summed E-state index contributed by atoms with van der Waals surface area (Å²) in [4.78, 5) is 15.7. The van der Waals surface area contributed by atoms with Gasteiger partial charge in [0.2, 0.25) is 0 Å². The number of allylic oxidation sites excluding steroid dienone is 2. The van der Waals surface area contributed by atoms with Gasteiger partial charge in [-0.2, -0.15) is 5.10 Å². The summed E-state index contributed by atoms with van der Waals surface area (Å²) in [7, 11) is 0. The van der Waals surface area contributed by atoms with Gasteiger partial charge in [-0.1, -0.05) is 19.9 Å². The molecule has 1 heterocycles. The Morgan fingerprint density at radius 2 is 2.20 bits per heavy atom. The van der Waals surface area contributed by atoms with Gasteiger partial charge in [-0.25, -0.2) is 5.43 Å². The molecule has 4 nitrogen and oxygen atoms in total. The SMILES string of the molecule is CC1(C)[C@H]2CC=C(/C=N\NC(=O)c3ccncc3)[C@@H]1C2. The summed E-state index contributed by atoms with van der Waals surface area (Å²) in [6.07, 6.45) is 9.64. The van der Waals surface area contributed by atoms with Gasteiger partial charge in [0.25, 0.3) is 5.91 Å². The number of amides is 1. The number of hydrazone groups is 1. The maximum absolute atomic E-state index is 11.8. The second-order valence-electron chi connectivity index (χ2n) is 6.18. The van der Waals surface area contributed by atoms with Crippen molar-refractivity contribution in [2.75, 3.05) is 0 Å². The van der Waals surface area contributed by atoms with E-state index in [2.05, 4.69) is 35.4 Å². The minimum Gasteiger partial charge on any atom is -0.267 e. The van der Waals surface area contributed by atoms with Crippen LogP contribution >= 0.6 is 0 Å². The molecule has 3 aliphatic carbocycles. The normalized spacial score (nSPS) is 26.8. The second-order valence-corrected chi connectivity index (χ2v) is 6.18. The molecule has 1 aromatic rings. The third kappa shape index (κ3) is 2.15. The highest BCUT2D eigenvalue weighted by Gasteiger charge is 2.50. The number of nitrogens with one attached hydrogen (secondary N) is 1. The van der Waals surface area contributed by atoms with Crippen LogP contribution in [0.3, 0.4) is 0 Å². The van der Waals surface area contributed by atoms with Crippen LogP contribution in [0.4, 0.5) is 0 Å². The molecule has 1 saturated carbocycles. The van der Waals surface area contributed by atoms with Gasteiger partial charge in [-0.05, 0) is 47.8 Å². The molecule has 4 heteroatoms. The summed E-state index contributed by atoms with van der Waals surface area (Å²) in [6, 6.07) is 3.34. The Kier molecular flexibility index (Phi) is 3.16. The number of aromatic nitrogens is 1. The molecule has 1 amide bonds. The Morgan fingerprint density at radius 1 is 1.45 bits per heavy atom. The van der Waals surface area contributed by atoms with Crippen LogP contribution in [0.15, 0.2) is 41.3 Å². The fraction of sp³-hybridized carbons (Fsp3) is 0.438. The van der Waals surface area contributed by atoms with E-state index in [1.54, 1.807) is 30.7 Å². The van der Waals surface area contributed by atoms with Crippen molar-refractivity contribution in [1.29, 1.82) is 0 Å². The fourth-order valence-corrected chi connectivity index (χ4v) is 3.28. The first-order valence-corrected chi connectivity index (χ1v) is 7.02. The van der Waals surface area contributed by atoms with Crippen molar-refractivity contribution in [2.24, 2.45) is 22.4 Å². The summed E-state index contributed by atoms with van der Waals surface area (Å²) < 4.78 is 0. The summed E-state index contributed by atoms with van der Waals surface area (Å²) in [5, 5.41) is 4.10. The number of hydrogen-bond donors (Lipinski definition) is 1. The molecule has 0 radical (unpaired) electrons. The zero-order valence-corrected chi connectivity index (χ0v) is 11.8. The van der Waals surface area contributed by atoms with E-state index in [0.717, 1.165) is 12.3 Å². The lowest BCUT2D eigenvalue weighted by Crippen LogP contribution is -2.48. The number of carbonyl (C=O) groups is 1. The second kappa shape index (κ2) is 4.85. The molecule has 2 bridgehead atoms. The van der Waals surface area contributed by atoms with E-state index < -0.39 is 0 Å². The van der Waals surface area contributed by atoms with Crippen LogP contribution in [0.25, 0.3) is 0 Å². The van der Waals surface area contributed by atoms with E-state index in [0.29, 0.717) is 16.9 Å². The van der Waals surface area contributed by atoms with Crippen LogP contribution in [-0.2, 0) is 0 Å². The highest BCUT2D eigenvalue weighted by Crippen LogP contribution is 2.58. The predicted octanol–water partition coefficient (Wildman–Crippen LogP) is 2.79. The van der Waals surface area contributed by atoms with Gasteiger partial charge in [0.15, 0.2) is 0 Å². The summed E-state index contributed by atoms with van der Waals surface area (Å²) in [5.74, 6) is 1.20. The number of carbonyl (C=O) groups excluding carboxylic acids is 1. The first kappa shape index (κ1) is 13.0. The van der Waals surface area contributed by atoms with E-state index in [1.165, 1.54) is 12.0 Å². The number of nitrogens with zero attached hydrogens (tertiary/aromatic N) is 2. The predicted molar refractivity (Wildman–Crippen MR) is 78.3 cm³/mol. The summed E-state index contributed by atoms with van der Waals surface area (Å²) in [6.45, 7) is 4.64. The average Bonchev–Trinajstić information content (AvgIpc) is 2.48. The first-order chi connectivity index (χ1) is 9.59. The minimum absolute atomic E-state index is 0.203. The molecule has 104 valence electrons. The van der Waals surface area contributed by atoms with Gasteiger partial charge >= 0.3 is 0 Å². The third-order valence-corrected chi connectivity index (χ3v) is 4.83. The van der Waals surface area contributed by atoms with Crippen molar-refractivity contribution in [2.45, 2.75) is 26.7 Å². The first-order valence-electron chi connectivity index (χ1n) is 7.02. The maximum Gasteiger partial charge on any atom is 0.271 e. The molecule has 20 heavy (non-hydrogen) atoms. The lowest BCUT2D eigenvalue weighted by atomic mass is 9.49. The standard InChI is InChI=1S/C16H19N3O/c1-16(2)13-4-3-12(14(16)9-13)10-18-19-15(20)11-5-7-17-8-6-11/h3,5-8,10,13-14H,4,9H2,1-2H3,(H,19,20)/b18-10-/t13-,14-/m0/s1. The van der Waals surface area contributed by atoms with Gasteiger partial charge in [0, 0.05) is 18.0 Å². The topological polar surface area (TPSA) is 54.4 Å². The number of hydrogen-bond acceptors (Lipinski definition) is 3. The molecular formula is C16H19N3O. The Balaban J connectivity index is 1.62. The summed E-state index contributed by atoms with van der Waals surface area (Å²) in [5.41, 5.74) is 4.78. The Morgan fingerprint density at radius 3 is 2.85 bits per heavy atom. The molecular weight excluding hydrogens is 250 g/mol. The van der Waals surface area contributed by atoms with Gasteiger partial charge in [0.05, 0.1) is 6.21 Å². The van der Waals surface area contributed by atoms with Gasteiger partial charge in [-0.15, -0.1) is 0 Å². The Labute approximate surface area is 119 Å². The third-order valence-electron chi connectivity index (χ3n) is 4.83. The Hall–Kier alpha value is -1.97. The van der Waals surface area contributed by atoms with E-state index >= 15 is 0 Å². The van der Waals surface area contributed by atoms with Crippen molar-refractivity contribution in [3.63, 3.8) is 0 Å². The van der Waals surface area contributed by atoms with Crippen molar-refractivity contribution < 1.29 is 4.79 Å². The lowest BCUT2D eigenvalue weighted by Gasteiger charge is -2.55. The number of rotatable bonds is 3. The average molecular weight is 269 g/mol. The molecule has 0 spiro atoms. The Bertz CT molecular complexity index is 575. The maximum atomic E-state index is 11.8. The van der Waals surface area contributed by atoms with Gasteiger partial charge in [-0.3, -0.25) is 9.78 Å². The molecule has 0 saturated heterocycles. The molecule has 1 fully saturated rings. The van der Waals surface area contributed by atoms with Crippen LogP contribution in [-0.4, -0.2) is 17.1 Å². The van der Waals surface area contributed by atoms with Crippen molar-refractivity contribution in [3.8, 4) is 0 Å². The lowest BCUT2D eigenvalue weighted by molar-refractivity contribution is -0.00126. The van der Waals surface area contributed by atoms with Crippen molar-refractivity contribution in [3.05, 3.63) is 41.7 Å². The molecule has 1 N–H and O–H groups in total. The molecule has 0 unspecified atom stereocenters. The fourth-order valence-electron chi connectivity index (χ4n) is 3.28. The summed E-state index contributed by atoms with van der Waals surface area (Å²) >= 11 is 0. The molecule has 0 aliphatic heterocycles. The number of fused-ring (bicyclic) bond motifs is 1. The largest absolute Gasteiger partial charge is 0.271 e. The smallest absolute Gasteiger partial charge is 0.267 e. The highest BCUT2D eigenvalue weighted by atomic mass is 16.2. The van der Waals surface area contributed by atoms with Gasteiger partial charge in [0.1, 0.15) is 0 Å². The van der Waals surface area contributed by atoms with E-state index in [4.69, 9.17) is 0 Å². The van der Waals surface area contributed by atoms with Crippen LogP contribution in [0.2, 0.25) is 0 Å². The van der Waals surface area contributed by atoms with Gasteiger partial charge < -0.3 is 0 Å². The molecule has 3 aliphatic rings. The van der Waals surface area contributed by atoms with Crippen LogP contribution < -0.4 is 5.43 Å². The zero-order valence-electron chi connectivity index (χ0n) is 11.8. The van der Waals surface area contributed by atoms with Crippen molar-refractivity contribution >= 4 is 12.1 Å². The van der Waals surface area contributed by atoms with E-state index in [-0.39, 0.29) is 5.91 Å². The molecule has 4 rings (SSSR count). The highest BCUT2D eigenvalue weighted by molar-refractivity contribution is 5.94. The van der Waals surface area contributed by atoms with E-state index in [9.17, 15) is 4.79 Å². The number of pyridine rings is 1. The monoisotopic (exact) mass is 269 g/mol. The van der Waals surface area contributed by atoms with Crippen LogP contribution in [0.5, 0.6) is 0 Å². The quantitative estimate of drug-likeness (QED) is 0.677. The van der Waals surface area contributed by atoms with Crippen LogP contribution in [0, 0.1) is 17.3 Å². The zero-order chi connectivity index (χ0) is 14.2.